The third-order valence-corrected chi connectivity index (χ3v) is 6.10. The Morgan fingerprint density at radius 2 is 1.72 bits per heavy atom. The van der Waals surface area contributed by atoms with Crippen LogP contribution in [0.5, 0.6) is 5.75 Å². The number of amides is 1. The number of hydrogen-bond donors (Lipinski definition) is 1. The van der Waals surface area contributed by atoms with Crippen LogP contribution in [0.15, 0.2) is 66.7 Å². The van der Waals surface area contributed by atoms with Gasteiger partial charge in [0.1, 0.15) is 5.75 Å². The Kier molecular flexibility index (Phi) is 6.98. The summed E-state index contributed by atoms with van der Waals surface area (Å²) in [7, 11) is 1.72. The Morgan fingerprint density at radius 3 is 2.44 bits per heavy atom. The lowest BCUT2D eigenvalue weighted by Crippen LogP contribution is -2.46. The minimum atomic E-state index is -0.132. The number of methoxy groups -OCH3 is 1. The van der Waals surface area contributed by atoms with Crippen LogP contribution in [0.3, 0.4) is 0 Å². The van der Waals surface area contributed by atoms with Crippen molar-refractivity contribution in [2.24, 2.45) is 0 Å². The third-order valence-electron chi connectivity index (χ3n) is 5.87. The number of hydrogen-bond acceptors (Lipinski definition) is 4. The largest absolute Gasteiger partial charge is 0.495 e. The van der Waals surface area contributed by atoms with E-state index in [9.17, 15) is 4.79 Å². The van der Waals surface area contributed by atoms with Crippen LogP contribution in [0.1, 0.15) is 21.5 Å². The molecule has 1 heterocycles. The van der Waals surface area contributed by atoms with Gasteiger partial charge in [-0.1, -0.05) is 41.9 Å². The summed E-state index contributed by atoms with van der Waals surface area (Å²) in [5, 5.41) is 3.55. The fraction of sp³-hybridized carbons (Fsp3) is 0.269. The molecule has 0 atom stereocenters. The van der Waals surface area contributed by atoms with Gasteiger partial charge in [-0.05, 0) is 54.4 Å². The minimum Gasteiger partial charge on any atom is -0.495 e. The van der Waals surface area contributed by atoms with Crippen molar-refractivity contribution in [1.29, 1.82) is 0 Å². The van der Waals surface area contributed by atoms with Gasteiger partial charge >= 0.3 is 0 Å². The first-order valence-electron chi connectivity index (χ1n) is 10.8. The van der Waals surface area contributed by atoms with Crippen molar-refractivity contribution in [1.82, 2.24) is 4.90 Å². The molecule has 166 valence electrons. The normalized spacial score (nSPS) is 14.3. The number of nitrogens with zero attached hydrogens (tertiary/aromatic N) is 2. The lowest BCUT2D eigenvalue weighted by atomic mass is 10.1. The van der Waals surface area contributed by atoms with Gasteiger partial charge in [0.2, 0.25) is 0 Å². The highest BCUT2D eigenvalue weighted by atomic mass is 35.5. The van der Waals surface area contributed by atoms with Gasteiger partial charge in [0.05, 0.1) is 12.8 Å². The van der Waals surface area contributed by atoms with Crippen LogP contribution in [0.4, 0.5) is 11.4 Å². The molecular weight excluding hydrogens is 422 g/mol. The van der Waals surface area contributed by atoms with Crippen LogP contribution >= 0.6 is 11.6 Å². The first-order chi connectivity index (χ1) is 15.5. The molecule has 4 rings (SSSR count). The highest BCUT2D eigenvalue weighted by Crippen LogP contribution is 2.28. The number of halogens is 1. The standard InChI is InChI=1S/C26H28ClN3O2/c1-19-7-12-22(27)17-23(19)28-26(31)21-10-8-20(9-11-21)18-29-13-15-30(16-14-29)24-5-3-4-6-25(24)32-2/h3-12,17H,13-16,18H2,1-2H3,(H,28,31). The number of nitrogens with one attached hydrogen (secondary N) is 1. The van der Waals surface area contributed by atoms with E-state index in [1.165, 1.54) is 5.56 Å². The fourth-order valence-electron chi connectivity index (χ4n) is 3.98. The predicted octanol–water partition coefficient (Wildman–Crippen LogP) is 5.23. The molecule has 0 radical (unpaired) electrons. The molecular formula is C26H28ClN3O2. The highest BCUT2D eigenvalue weighted by Gasteiger charge is 2.19. The van der Waals surface area contributed by atoms with Gasteiger partial charge in [-0.3, -0.25) is 9.69 Å². The molecule has 6 heteroatoms. The van der Waals surface area contributed by atoms with Gasteiger partial charge in [-0.25, -0.2) is 0 Å². The van der Waals surface area contributed by atoms with Crippen molar-refractivity contribution in [3.8, 4) is 5.75 Å². The first kappa shape index (κ1) is 22.2. The lowest BCUT2D eigenvalue weighted by molar-refractivity contribution is 0.102. The van der Waals surface area contributed by atoms with E-state index in [0.717, 1.165) is 55.4 Å². The van der Waals surface area contributed by atoms with E-state index in [0.29, 0.717) is 10.6 Å². The summed E-state index contributed by atoms with van der Waals surface area (Å²) in [4.78, 5) is 17.4. The number of anilines is 2. The summed E-state index contributed by atoms with van der Waals surface area (Å²) in [5.41, 5.74) is 4.70. The van der Waals surface area contributed by atoms with Crippen LogP contribution in [-0.2, 0) is 6.54 Å². The molecule has 1 N–H and O–H groups in total. The maximum Gasteiger partial charge on any atom is 0.255 e. The molecule has 32 heavy (non-hydrogen) atoms. The molecule has 0 saturated carbocycles. The van der Waals surface area contributed by atoms with E-state index in [1.54, 1.807) is 13.2 Å². The summed E-state index contributed by atoms with van der Waals surface area (Å²) >= 11 is 6.05. The van der Waals surface area contributed by atoms with Gasteiger partial charge in [-0.2, -0.15) is 0 Å². The van der Waals surface area contributed by atoms with Gasteiger partial charge in [0, 0.05) is 49.0 Å². The number of rotatable bonds is 6. The molecule has 1 saturated heterocycles. The summed E-state index contributed by atoms with van der Waals surface area (Å²) in [6, 6.07) is 21.5. The molecule has 3 aromatic carbocycles. The summed E-state index contributed by atoms with van der Waals surface area (Å²) in [5.74, 6) is 0.787. The number of carbonyl (C=O) groups excluding carboxylic acids is 1. The number of benzene rings is 3. The Labute approximate surface area is 194 Å². The minimum absolute atomic E-state index is 0.132. The second-order valence-corrected chi connectivity index (χ2v) is 8.48. The second kappa shape index (κ2) is 10.1. The quantitative estimate of drug-likeness (QED) is 0.559. The zero-order valence-corrected chi connectivity index (χ0v) is 19.2. The molecule has 0 spiro atoms. The Bertz CT molecular complexity index is 1080. The molecule has 1 fully saturated rings. The van der Waals surface area contributed by atoms with Gasteiger partial charge in [0.15, 0.2) is 0 Å². The van der Waals surface area contributed by atoms with E-state index in [-0.39, 0.29) is 5.91 Å². The van der Waals surface area contributed by atoms with Crippen molar-refractivity contribution in [3.05, 3.63) is 88.4 Å². The summed E-state index contributed by atoms with van der Waals surface area (Å²) < 4.78 is 5.51. The van der Waals surface area contributed by atoms with Gasteiger partial charge in [0.25, 0.3) is 5.91 Å². The molecule has 5 nitrogen and oxygen atoms in total. The van der Waals surface area contributed by atoms with Crippen LogP contribution in [0, 0.1) is 6.92 Å². The van der Waals surface area contributed by atoms with E-state index in [1.807, 2.05) is 55.5 Å². The zero-order valence-electron chi connectivity index (χ0n) is 18.5. The molecule has 1 amide bonds. The summed E-state index contributed by atoms with van der Waals surface area (Å²) in [6.45, 7) is 6.69. The molecule has 0 aromatic heterocycles. The monoisotopic (exact) mass is 449 g/mol. The number of ether oxygens (including phenoxy) is 1. The molecule has 0 unspecified atom stereocenters. The fourth-order valence-corrected chi connectivity index (χ4v) is 4.15. The number of piperazine rings is 1. The van der Waals surface area contributed by atoms with Crippen LogP contribution in [0.25, 0.3) is 0 Å². The Balaban J connectivity index is 1.32. The molecule has 3 aromatic rings. The Morgan fingerprint density at radius 1 is 1.00 bits per heavy atom. The molecule has 1 aliphatic rings. The van der Waals surface area contributed by atoms with E-state index < -0.39 is 0 Å². The second-order valence-electron chi connectivity index (χ2n) is 8.05. The van der Waals surface area contributed by atoms with Crippen LogP contribution < -0.4 is 15.0 Å². The molecule has 1 aliphatic heterocycles. The molecule has 0 bridgehead atoms. The maximum atomic E-state index is 12.6. The van der Waals surface area contributed by atoms with Crippen molar-refractivity contribution in [2.45, 2.75) is 13.5 Å². The summed E-state index contributed by atoms with van der Waals surface area (Å²) in [6.07, 6.45) is 0. The SMILES string of the molecule is COc1ccccc1N1CCN(Cc2ccc(C(=O)Nc3cc(Cl)ccc3C)cc2)CC1. The number of para-hydroxylation sites is 2. The van der Waals surface area contributed by atoms with Gasteiger partial charge < -0.3 is 15.0 Å². The van der Waals surface area contributed by atoms with Crippen LogP contribution in [-0.4, -0.2) is 44.1 Å². The predicted molar refractivity (Wildman–Crippen MR) is 131 cm³/mol. The van der Waals surface area contributed by atoms with E-state index in [2.05, 4.69) is 27.2 Å². The van der Waals surface area contributed by atoms with Crippen molar-refractivity contribution in [2.75, 3.05) is 43.5 Å². The van der Waals surface area contributed by atoms with Crippen molar-refractivity contribution >= 4 is 28.9 Å². The number of carbonyl (C=O) groups is 1. The van der Waals surface area contributed by atoms with E-state index in [4.69, 9.17) is 16.3 Å². The third kappa shape index (κ3) is 5.23. The average Bonchev–Trinajstić information content (AvgIpc) is 2.82. The first-order valence-corrected chi connectivity index (χ1v) is 11.2. The van der Waals surface area contributed by atoms with Crippen molar-refractivity contribution in [3.63, 3.8) is 0 Å². The number of aryl methyl sites for hydroxylation is 1. The lowest BCUT2D eigenvalue weighted by Gasteiger charge is -2.36. The Hall–Kier alpha value is -3.02. The maximum absolute atomic E-state index is 12.6. The van der Waals surface area contributed by atoms with Gasteiger partial charge in [-0.15, -0.1) is 0 Å². The molecule has 0 aliphatic carbocycles. The topological polar surface area (TPSA) is 44.8 Å². The van der Waals surface area contributed by atoms with Crippen molar-refractivity contribution < 1.29 is 9.53 Å². The smallest absolute Gasteiger partial charge is 0.255 e. The zero-order chi connectivity index (χ0) is 22.5. The van der Waals surface area contributed by atoms with Crippen LogP contribution in [0.2, 0.25) is 5.02 Å². The van der Waals surface area contributed by atoms with E-state index >= 15 is 0 Å². The highest BCUT2D eigenvalue weighted by molar-refractivity contribution is 6.31. The average molecular weight is 450 g/mol.